The molecule has 1 saturated heterocycles. The minimum Gasteiger partial charge on any atom is -0.462 e. The first kappa shape index (κ1) is 22.3. The molecule has 1 aliphatic heterocycles. The number of hydrogen-bond acceptors (Lipinski definition) is 5. The molecule has 0 atom stereocenters. The summed E-state index contributed by atoms with van der Waals surface area (Å²) in [5.41, 5.74) is 0.761. The highest BCUT2D eigenvalue weighted by Gasteiger charge is 2.51. The summed E-state index contributed by atoms with van der Waals surface area (Å²) in [6.45, 7) is 17.0. The summed E-state index contributed by atoms with van der Waals surface area (Å²) in [5, 5.41) is 0. The molecule has 6 heteroatoms. The Morgan fingerprint density at radius 2 is 1.67 bits per heavy atom. The molecule has 0 N–H and O–H groups in total. The van der Waals surface area contributed by atoms with Gasteiger partial charge in [-0.15, -0.1) is 11.8 Å². The molecule has 1 aliphatic rings. The van der Waals surface area contributed by atoms with Crippen LogP contribution in [-0.4, -0.2) is 36.6 Å². The molecule has 0 unspecified atom stereocenters. The maximum Gasteiger partial charge on any atom is 0.494 e. The molecule has 0 radical (unpaired) electrons. The van der Waals surface area contributed by atoms with Crippen molar-refractivity contribution in [2.24, 2.45) is 11.8 Å². The molecule has 0 aliphatic carbocycles. The fourth-order valence-corrected chi connectivity index (χ4v) is 3.57. The van der Waals surface area contributed by atoms with Crippen molar-refractivity contribution in [2.75, 3.05) is 12.4 Å². The normalized spacial score (nSPS) is 18.4. The Balaban J connectivity index is 2.28. The van der Waals surface area contributed by atoms with E-state index in [9.17, 15) is 4.79 Å². The van der Waals surface area contributed by atoms with Crippen molar-refractivity contribution in [3.05, 3.63) is 23.8 Å². The maximum atomic E-state index is 12.6. The Labute approximate surface area is 168 Å². The van der Waals surface area contributed by atoms with Gasteiger partial charge in [0.25, 0.3) is 0 Å². The predicted molar refractivity (Wildman–Crippen MR) is 113 cm³/mol. The molecule has 1 aromatic carbocycles. The standard InChI is InChI=1S/C21H33BO4S/c1-14(2)12-24-19(23)17-10-9-16(11-18(17)27-13-15(3)4)22-25-20(5,6)21(7,8)26-22/h9-11,14-15H,12-13H2,1-8H3. The molecular formula is C21H33BO4S. The van der Waals surface area contributed by atoms with Crippen molar-refractivity contribution in [1.82, 2.24) is 0 Å². The summed E-state index contributed by atoms with van der Waals surface area (Å²) in [6.07, 6.45) is 0. The fraction of sp³-hybridized carbons (Fsp3) is 0.667. The third-order valence-corrected chi connectivity index (χ3v) is 6.35. The molecule has 1 heterocycles. The van der Waals surface area contributed by atoms with E-state index in [4.69, 9.17) is 14.0 Å². The van der Waals surface area contributed by atoms with Gasteiger partial charge in [0.1, 0.15) is 0 Å². The topological polar surface area (TPSA) is 44.8 Å². The van der Waals surface area contributed by atoms with Crippen LogP contribution in [-0.2, 0) is 14.0 Å². The largest absolute Gasteiger partial charge is 0.494 e. The zero-order valence-corrected chi connectivity index (χ0v) is 18.7. The lowest BCUT2D eigenvalue weighted by atomic mass is 9.79. The minimum atomic E-state index is -0.436. The van der Waals surface area contributed by atoms with Gasteiger partial charge in [-0.1, -0.05) is 33.8 Å². The first-order chi connectivity index (χ1) is 12.4. The Hall–Kier alpha value is -0.975. The molecule has 1 aromatic rings. The van der Waals surface area contributed by atoms with Crippen molar-refractivity contribution in [1.29, 1.82) is 0 Å². The first-order valence-corrected chi connectivity index (χ1v) is 10.7. The van der Waals surface area contributed by atoms with E-state index in [-0.39, 0.29) is 5.97 Å². The van der Waals surface area contributed by atoms with Crippen LogP contribution in [0.15, 0.2) is 23.1 Å². The smallest absolute Gasteiger partial charge is 0.462 e. The predicted octanol–water partition coefficient (Wildman–Crippen LogP) is 4.55. The van der Waals surface area contributed by atoms with E-state index >= 15 is 0 Å². The van der Waals surface area contributed by atoms with Crippen LogP contribution < -0.4 is 5.46 Å². The Morgan fingerprint density at radius 1 is 1.07 bits per heavy atom. The van der Waals surface area contributed by atoms with Gasteiger partial charge < -0.3 is 14.0 Å². The van der Waals surface area contributed by atoms with E-state index < -0.39 is 18.3 Å². The molecule has 0 bridgehead atoms. The number of esters is 1. The molecule has 2 rings (SSSR count). The monoisotopic (exact) mass is 392 g/mol. The van der Waals surface area contributed by atoms with Crippen molar-refractivity contribution in [2.45, 2.75) is 71.5 Å². The lowest BCUT2D eigenvalue weighted by Crippen LogP contribution is -2.41. The number of carbonyl (C=O) groups is 1. The summed E-state index contributed by atoms with van der Waals surface area (Å²) in [7, 11) is -0.436. The van der Waals surface area contributed by atoms with Crippen molar-refractivity contribution < 1.29 is 18.8 Å². The van der Waals surface area contributed by atoms with Crippen LogP contribution in [0.1, 0.15) is 65.7 Å². The highest BCUT2D eigenvalue weighted by Crippen LogP contribution is 2.37. The highest BCUT2D eigenvalue weighted by atomic mass is 32.2. The second-order valence-corrected chi connectivity index (χ2v) is 10.1. The molecule has 4 nitrogen and oxygen atoms in total. The van der Waals surface area contributed by atoms with Gasteiger partial charge in [-0.25, -0.2) is 4.79 Å². The summed E-state index contributed by atoms with van der Waals surface area (Å²) in [4.78, 5) is 13.5. The summed E-state index contributed by atoms with van der Waals surface area (Å²) < 4.78 is 17.8. The van der Waals surface area contributed by atoms with Gasteiger partial charge >= 0.3 is 13.1 Å². The Kier molecular flexibility index (Phi) is 7.09. The van der Waals surface area contributed by atoms with Crippen molar-refractivity contribution in [3.63, 3.8) is 0 Å². The van der Waals surface area contributed by atoms with Crippen molar-refractivity contribution in [3.8, 4) is 0 Å². The average Bonchev–Trinajstić information content (AvgIpc) is 2.78. The van der Waals surface area contributed by atoms with E-state index in [2.05, 4.69) is 13.8 Å². The average molecular weight is 392 g/mol. The lowest BCUT2D eigenvalue weighted by Gasteiger charge is -2.32. The molecule has 1 fully saturated rings. The van der Waals surface area contributed by atoms with Crippen LogP contribution in [0.5, 0.6) is 0 Å². The Bertz CT molecular complexity index is 654. The highest BCUT2D eigenvalue weighted by molar-refractivity contribution is 7.99. The SMILES string of the molecule is CC(C)COC(=O)c1ccc(B2OC(C)(C)C(C)(C)O2)cc1SCC(C)C. The zero-order valence-electron chi connectivity index (χ0n) is 17.9. The van der Waals surface area contributed by atoms with Crippen LogP contribution in [0.25, 0.3) is 0 Å². The number of hydrogen-bond donors (Lipinski definition) is 0. The lowest BCUT2D eigenvalue weighted by molar-refractivity contribution is 0.00578. The van der Waals surface area contributed by atoms with Gasteiger partial charge in [0, 0.05) is 10.6 Å². The van der Waals surface area contributed by atoms with Gasteiger partial charge in [-0.05, 0) is 57.1 Å². The number of carbonyl (C=O) groups excluding carboxylic acids is 1. The molecule has 0 aromatic heterocycles. The third kappa shape index (κ3) is 5.52. The van der Waals surface area contributed by atoms with Gasteiger partial charge in [-0.3, -0.25) is 0 Å². The third-order valence-electron chi connectivity index (χ3n) is 4.87. The van der Waals surface area contributed by atoms with Crippen molar-refractivity contribution >= 4 is 30.3 Å². The summed E-state index contributed by atoms with van der Waals surface area (Å²) >= 11 is 1.68. The van der Waals surface area contributed by atoms with Crippen LogP contribution in [0.3, 0.4) is 0 Å². The quantitative estimate of drug-likeness (QED) is 0.387. The molecule has 0 amide bonds. The zero-order chi connectivity index (χ0) is 20.4. The minimum absolute atomic E-state index is 0.268. The maximum absolute atomic E-state index is 12.6. The van der Waals surface area contributed by atoms with E-state index in [1.54, 1.807) is 11.8 Å². The molecule has 27 heavy (non-hydrogen) atoms. The summed E-state index contributed by atoms with van der Waals surface area (Å²) in [6, 6.07) is 5.76. The number of benzene rings is 1. The van der Waals surface area contributed by atoms with Gasteiger partial charge in [0.05, 0.1) is 23.4 Å². The van der Waals surface area contributed by atoms with Gasteiger partial charge in [0.2, 0.25) is 0 Å². The molecular weight excluding hydrogens is 359 g/mol. The van der Waals surface area contributed by atoms with Crippen LogP contribution in [0.4, 0.5) is 0 Å². The number of rotatable bonds is 7. The van der Waals surface area contributed by atoms with E-state index in [0.717, 1.165) is 16.1 Å². The molecule has 150 valence electrons. The van der Waals surface area contributed by atoms with Crippen LogP contribution in [0, 0.1) is 11.8 Å². The fourth-order valence-electron chi connectivity index (χ4n) is 2.53. The van der Waals surface area contributed by atoms with Gasteiger partial charge in [0.15, 0.2) is 0 Å². The van der Waals surface area contributed by atoms with E-state index in [1.807, 2.05) is 59.7 Å². The van der Waals surface area contributed by atoms with E-state index in [1.165, 1.54) is 0 Å². The number of thioether (sulfide) groups is 1. The molecule has 0 spiro atoms. The summed E-state index contributed by atoms with van der Waals surface area (Å²) in [5.74, 6) is 1.49. The van der Waals surface area contributed by atoms with Crippen LogP contribution >= 0.6 is 11.8 Å². The van der Waals surface area contributed by atoms with Crippen LogP contribution in [0.2, 0.25) is 0 Å². The van der Waals surface area contributed by atoms with E-state index in [0.29, 0.717) is 24.0 Å². The first-order valence-electron chi connectivity index (χ1n) is 9.72. The molecule has 0 saturated carbocycles. The Morgan fingerprint density at radius 3 is 2.19 bits per heavy atom. The second kappa shape index (κ2) is 8.58. The van der Waals surface area contributed by atoms with Gasteiger partial charge in [-0.2, -0.15) is 0 Å². The second-order valence-electron chi connectivity index (χ2n) is 9.04. The number of ether oxygens (including phenoxy) is 1.